The van der Waals surface area contributed by atoms with Crippen LogP contribution < -0.4 is 10.2 Å². The monoisotopic (exact) mass is 629 g/mol. The molecule has 2 saturated heterocycles. The number of carbonyl (C=O) groups excluding carboxylic acids is 1. The van der Waals surface area contributed by atoms with Crippen molar-refractivity contribution in [2.24, 2.45) is 7.05 Å². The summed E-state index contributed by atoms with van der Waals surface area (Å²) in [5, 5.41) is 17.4. The Morgan fingerprint density at radius 2 is 1.67 bits per heavy atom. The molecule has 3 aliphatic rings. The smallest absolute Gasteiger partial charge is 0.261 e. The third-order valence-corrected chi connectivity index (χ3v) is 10.1. The summed E-state index contributed by atoms with van der Waals surface area (Å²) in [4.78, 5) is 30.5. The summed E-state index contributed by atoms with van der Waals surface area (Å²) in [6, 6.07) is 8.49. The van der Waals surface area contributed by atoms with Gasteiger partial charge in [-0.15, -0.1) is 0 Å². The number of carbonyl (C=O) groups is 1. The van der Waals surface area contributed by atoms with E-state index in [0.29, 0.717) is 36.1 Å². The van der Waals surface area contributed by atoms with Gasteiger partial charge in [0.25, 0.3) is 5.91 Å². The van der Waals surface area contributed by atoms with Crippen molar-refractivity contribution >= 4 is 28.6 Å². The lowest BCUT2D eigenvalue weighted by atomic mass is 9.93. The Hall–Kier alpha value is -3.87. The summed E-state index contributed by atoms with van der Waals surface area (Å²) in [5.41, 5.74) is 3.91. The van der Waals surface area contributed by atoms with Crippen LogP contribution >= 0.6 is 0 Å². The van der Waals surface area contributed by atoms with Crippen LogP contribution in [0.25, 0.3) is 22.3 Å². The van der Waals surface area contributed by atoms with Crippen molar-refractivity contribution in [2.45, 2.75) is 63.6 Å². The summed E-state index contributed by atoms with van der Waals surface area (Å²) in [7, 11) is 3.95. The summed E-state index contributed by atoms with van der Waals surface area (Å²) in [5.74, 6) is -0.877. The number of aliphatic hydroxyl groups is 1. The number of nitrogens with one attached hydrogen (secondary N) is 1. The lowest BCUT2D eigenvalue weighted by Gasteiger charge is -2.42. The van der Waals surface area contributed by atoms with Gasteiger partial charge in [-0.25, -0.2) is 14.4 Å². The molecule has 1 aliphatic carbocycles. The molecule has 0 bridgehead atoms. The maximum absolute atomic E-state index is 15.8. The Balaban J connectivity index is 1.17. The van der Waals surface area contributed by atoms with Crippen molar-refractivity contribution < 1.29 is 14.3 Å². The maximum atomic E-state index is 15.8. The van der Waals surface area contributed by atoms with Crippen molar-refractivity contribution in [1.29, 1.82) is 0 Å². The Morgan fingerprint density at radius 1 is 0.935 bits per heavy atom. The minimum absolute atomic E-state index is 0.0527. The number of pyridine rings is 1. The molecular weight excluding hydrogens is 585 g/mol. The Labute approximate surface area is 269 Å². The lowest BCUT2D eigenvalue weighted by Crippen LogP contribution is -2.52. The fraction of sp³-hybridized carbons (Fsp3) is 0.529. The summed E-state index contributed by atoms with van der Waals surface area (Å²) in [6.45, 7) is 8.29. The molecule has 0 spiro atoms. The van der Waals surface area contributed by atoms with Crippen LogP contribution in [-0.2, 0) is 7.05 Å². The van der Waals surface area contributed by atoms with E-state index in [0.717, 1.165) is 81.7 Å². The molecule has 0 atom stereocenters. The van der Waals surface area contributed by atoms with Gasteiger partial charge in [-0.05, 0) is 76.8 Å². The topological polar surface area (TPSA) is 108 Å². The molecule has 2 N–H and O–H groups in total. The molecule has 46 heavy (non-hydrogen) atoms. The van der Waals surface area contributed by atoms with Crippen LogP contribution in [0.15, 0.2) is 36.7 Å². The predicted molar refractivity (Wildman–Crippen MR) is 177 cm³/mol. The highest BCUT2D eigenvalue weighted by molar-refractivity contribution is 6.05. The summed E-state index contributed by atoms with van der Waals surface area (Å²) >= 11 is 0. The van der Waals surface area contributed by atoms with Gasteiger partial charge in [-0.2, -0.15) is 5.10 Å². The first kappa shape index (κ1) is 30.8. The highest BCUT2D eigenvalue weighted by Gasteiger charge is 2.30. The molecule has 7 rings (SSSR count). The molecule has 2 aliphatic heterocycles. The van der Waals surface area contributed by atoms with E-state index in [1.54, 1.807) is 24.9 Å². The van der Waals surface area contributed by atoms with E-state index in [1.165, 1.54) is 12.3 Å². The fourth-order valence-electron chi connectivity index (χ4n) is 7.45. The zero-order valence-electron chi connectivity index (χ0n) is 27.0. The predicted octanol–water partition coefficient (Wildman–Crippen LogP) is 4.22. The van der Waals surface area contributed by atoms with Crippen LogP contribution in [0.4, 0.5) is 16.0 Å². The average Bonchev–Trinajstić information content (AvgIpc) is 3.65. The number of piperazine rings is 1. The number of likely N-dealkylation sites (N-methyl/N-ethyl adjacent to an activating group) is 1. The van der Waals surface area contributed by atoms with Crippen LogP contribution in [0, 0.1) is 12.7 Å². The van der Waals surface area contributed by atoms with Gasteiger partial charge >= 0.3 is 0 Å². The van der Waals surface area contributed by atoms with Gasteiger partial charge in [-0.3, -0.25) is 19.7 Å². The van der Waals surface area contributed by atoms with E-state index in [9.17, 15) is 9.90 Å². The Bertz CT molecular complexity index is 1710. The second-order valence-electron chi connectivity index (χ2n) is 13.3. The SMILES string of the molecule is Cc1cc(C(=O)Nc2nc3ccc(N4CCC(N5CCN(C)CC5)CC4)cc3n2[C@H]2CC[C@@H](O)CC2)c(F)c(-c2cnn(C)c2)n1. The van der Waals surface area contributed by atoms with Crippen LogP contribution in [0.3, 0.4) is 0 Å². The summed E-state index contributed by atoms with van der Waals surface area (Å²) in [6.07, 6.45) is 8.08. The number of benzene rings is 1. The largest absolute Gasteiger partial charge is 0.393 e. The third kappa shape index (κ3) is 6.13. The van der Waals surface area contributed by atoms with Gasteiger partial charge in [0, 0.05) is 81.5 Å². The van der Waals surface area contributed by atoms with Crippen molar-refractivity contribution in [2.75, 3.05) is 56.5 Å². The third-order valence-electron chi connectivity index (χ3n) is 10.1. The van der Waals surface area contributed by atoms with Crippen LogP contribution in [0.1, 0.15) is 60.6 Å². The van der Waals surface area contributed by atoms with E-state index >= 15 is 4.39 Å². The summed E-state index contributed by atoms with van der Waals surface area (Å²) < 4.78 is 19.5. The number of aliphatic hydroxyl groups excluding tert-OH is 1. The molecule has 0 unspecified atom stereocenters. The van der Waals surface area contributed by atoms with E-state index in [4.69, 9.17) is 4.98 Å². The number of aryl methyl sites for hydroxylation is 2. The van der Waals surface area contributed by atoms with Crippen LogP contribution in [-0.4, -0.2) is 104 Å². The lowest BCUT2D eigenvalue weighted by molar-refractivity contribution is 0.0982. The molecule has 3 aromatic heterocycles. The molecule has 1 aromatic carbocycles. The Kier molecular flexibility index (Phi) is 8.51. The van der Waals surface area contributed by atoms with Gasteiger partial charge in [-0.1, -0.05) is 0 Å². The van der Waals surface area contributed by atoms with Gasteiger partial charge in [0.05, 0.1) is 28.9 Å². The molecule has 4 aromatic rings. The van der Waals surface area contributed by atoms with Crippen LogP contribution in [0.5, 0.6) is 0 Å². The van der Waals surface area contributed by atoms with Crippen molar-refractivity contribution in [3.63, 3.8) is 0 Å². The highest BCUT2D eigenvalue weighted by Crippen LogP contribution is 2.37. The fourth-order valence-corrected chi connectivity index (χ4v) is 7.45. The molecule has 11 nitrogen and oxygen atoms in total. The molecule has 1 saturated carbocycles. The Morgan fingerprint density at radius 3 is 2.37 bits per heavy atom. The van der Waals surface area contributed by atoms with E-state index in [2.05, 4.69) is 53.8 Å². The average molecular weight is 630 g/mol. The molecular formula is C34H44FN9O2. The van der Waals surface area contributed by atoms with Gasteiger partial charge in [0.15, 0.2) is 5.82 Å². The number of nitrogens with zero attached hydrogens (tertiary/aromatic N) is 8. The van der Waals surface area contributed by atoms with E-state index < -0.39 is 11.7 Å². The number of piperidine rings is 1. The number of aromatic nitrogens is 5. The zero-order chi connectivity index (χ0) is 31.9. The van der Waals surface area contributed by atoms with Gasteiger partial charge in [0.1, 0.15) is 5.69 Å². The zero-order valence-corrected chi connectivity index (χ0v) is 27.0. The molecule has 12 heteroatoms. The number of hydrogen-bond donors (Lipinski definition) is 2. The minimum Gasteiger partial charge on any atom is -0.393 e. The second kappa shape index (κ2) is 12.7. The first-order valence-electron chi connectivity index (χ1n) is 16.6. The molecule has 3 fully saturated rings. The molecule has 5 heterocycles. The number of rotatable bonds is 6. The van der Waals surface area contributed by atoms with Crippen LogP contribution in [0.2, 0.25) is 0 Å². The normalized spacial score (nSPS) is 22.1. The van der Waals surface area contributed by atoms with Gasteiger partial charge in [0.2, 0.25) is 5.95 Å². The number of halogens is 1. The number of fused-ring (bicyclic) bond motifs is 1. The van der Waals surface area contributed by atoms with E-state index in [-0.39, 0.29) is 23.4 Å². The van der Waals surface area contributed by atoms with Gasteiger partial charge < -0.3 is 19.5 Å². The standard InChI is InChI=1S/C34H44FN9O2/c1-22-18-28(31(35)32(37-22)23-20-36-41(3)21-23)33(46)39-34-38-29-9-6-26(19-30(29)44(34)25-4-7-27(45)8-5-25)42-12-10-24(11-13-42)43-16-14-40(2)15-17-43/h6,9,18-21,24-25,27,45H,4-5,7-8,10-17H2,1-3H3,(H,38,39,46)/t25-,27+. The quantitative estimate of drug-likeness (QED) is 0.327. The first-order valence-corrected chi connectivity index (χ1v) is 16.6. The number of imidazole rings is 1. The minimum atomic E-state index is -0.693. The van der Waals surface area contributed by atoms with Crippen molar-refractivity contribution in [3.8, 4) is 11.3 Å². The van der Waals surface area contributed by atoms with Crippen molar-refractivity contribution in [3.05, 3.63) is 53.7 Å². The molecule has 244 valence electrons. The maximum Gasteiger partial charge on any atom is 0.261 e. The van der Waals surface area contributed by atoms with Crippen molar-refractivity contribution in [1.82, 2.24) is 34.1 Å². The van der Waals surface area contributed by atoms with E-state index in [1.807, 2.05) is 6.07 Å². The molecule has 1 amide bonds. The number of hydrogen-bond acceptors (Lipinski definition) is 8. The highest BCUT2D eigenvalue weighted by atomic mass is 19.1. The second-order valence-corrected chi connectivity index (χ2v) is 13.3. The molecule has 0 radical (unpaired) electrons. The first-order chi connectivity index (χ1) is 22.2. The number of anilines is 2. The number of amides is 1.